The Bertz CT molecular complexity index is 466. The van der Waals surface area contributed by atoms with E-state index in [1.165, 1.54) is 0 Å². The van der Waals surface area contributed by atoms with Crippen LogP contribution in [0.5, 0.6) is 5.75 Å². The molecule has 0 radical (unpaired) electrons. The SMILES string of the molecule is Oc1ccccc1C=Nc1cccnc1. The molecule has 1 N–H and O–H groups in total. The van der Waals surface area contributed by atoms with E-state index in [4.69, 9.17) is 0 Å². The molecule has 0 spiro atoms. The number of phenols is 1. The third kappa shape index (κ3) is 2.40. The highest BCUT2D eigenvalue weighted by Crippen LogP contribution is 2.15. The van der Waals surface area contributed by atoms with Crippen LogP contribution in [-0.4, -0.2) is 16.3 Å². The van der Waals surface area contributed by atoms with Crippen LogP contribution >= 0.6 is 0 Å². The highest BCUT2D eigenvalue weighted by molar-refractivity contribution is 5.85. The zero-order valence-corrected chi connectivity index (χ0v) is 8.04. The van der Waals surface area contributed by atoms with Crippen molar-refractivity contribution in [3.63, 3.8) is 0 Å². The Labute approximate surface area is 87.8 Å². The van der Waals surface area contributed by atoms with Gasteiger partial charge in [-0.3, -0.25) is 9.98 Å². The van der Waals surface area contributed by atoms with Crippen LogP contribution in [0.25, 0.3) is 0 Å². The molecule has 74 valence electrons. The zero-order chi connectivity index (χ0) is 10.5. The van der Waals surface area contributed by atoms with Crippen molar-refractivity contribution in [1.29, 1.82) is 0 Å². The number of hydrogen-bond acceptors (Lipinski definition) is 3. The number of aliphatic imine (C=N–C) groups is 1. The van der Waals surface area contributed by atoms with Crippen LogP contribution in [0.1, 0.15) is 5.56 Å². The Kier molecular flexibility index (Phi) is 2.74. The highest BCUT2D eigenvalue weighted by atomic mass is 16.3. The van der Waals surface area contributed by atoms with Crippen molar-refractivity contribution in [2.75, 3.05) is 0 Å². The highest BCUT2D eigenvalue weighted by Gasteiger charge is 1.94. The molecule has 0 saturated carbocycles. The predicted octanol–water partition coefficient (Wildman–Crippen LogP) is 2.54. The first kappa shape index (κ1) is 9.40. The molecule has 15 heavy (non-hydrogen) atoms. The van der Waals surface area contributed by atoms with Gasteiger partial charge in [0.05, 0.1) is 11.9 Å². The lowest BCUT2D eigenvalue weighted by Crippen LogP contribution is -1.80. The molecule has 3 nitrogen and oxygen atoms in total. The van der Waals surface area contributed by atoms with E-state index in [0.717, 1.165) is 5.69 Å². The molecular formula is C12H10N2O. The zero-order valence-electron chi connectivity index (χ0n) is 8.04. The van der Waals surface area contributed by atoms with Gasteiger partial charge in [-0.05, 0) is 24.3 Å². The van der Waals surface area contributed by atoms with Crippen LogP contribution < -0.4 is 0 Å². The number of pyridine rings is 1. The van der Waals surface area contributed by atoms with Gasteiger partial charge in [0.25, 0.3) is 0 Å². The maximum atomic E-state index is 9.48. The van der Waals surface area contributed by atoms with E-state index in [9.17, 15) is 5.11 Å². The first-order chi connectivity index (χ1) is 7.36. The Balaban J connectivity index is 2.23. The van der Waals surface area contributed by atoms with Gasteiger partial charge in [-0.25, -0.2) is 0 Å². The summed E-state index contributed by atoms with van der Waals surface area (Å²) in [4.78, 5) is 8.13. The summed E-state index contributed by atoms with van der Waals surface area (Å²) in [7, 11) is 0. The summed E-state index contributed by atoms with van der Waals surface area (Å²) in [5.41, 5.74) is 1.46. The monoisotopic (exact) mass is 198 g/mol. The Morgan fingerprint density at radius 1 is 1.13 bits per heavy atom. The standard InChI is InChI=1S/C12H10N2O/c15-12-6-2-1-4-10(12)8-14-11-5-3-7-13-9-11/h1-9,15H. The van der Waals surface area contributed by atoms with Crippen LogP contribution in [0, 0.1) is 0 Å². The summed E-state index contributed by atoms with van der Waals surface area (Å²) in [6.45, 7) is 0. The van der Waals surface area contributed by atoms with Gasteiger partial charge in [-0.15, -0.1) is 0 Å². The van der Waals surface area contributed by atoms with Crippen molar-refractivity contribution in [2.24, 2.45) is 4.99 Å². The number of hydrogen-bond donors (Lipinski definition) is 1. The number of nitrogens with zero attached hydrogens (tertiary/aromatic N) is 2. The van der Waals surface area contributed by atoms with Crippen LogP contribution in [0.4, 0.5) is 5.69 Å². The number of aromatic nitrogens is 1. The molecule has 0 bridgehead atoms. The molecule has 0 amide bonds. The Hall–Kier alpha value is -2.16. The normalized spacial score (nSPS) is 10.7. The van der Waals surface area contributed by atoms with Crippen molar-refractivity contribution < 1.29 is 5.11 Å². The smallest absolute Gasteiger partial charge is 0.124 e. The lowest BCUT2D eigenvalue weighted by molar-refractivity contribution is 0.474. The van der Waals surface area contributed by atoms with Gasteiger partial charge in [0.1, 0.15) is 5.75 Å². The van der Waals surface area contributed by atoms with Crippen molar-refractivity contribution in [2.45, 2.75) is 0 Å². The maximum Gasteiger partial charge on any atom is 0.124 e. The summed E-state index contributed by atoms with van der Waals surface area (Å²) in [5, 5.41) is 9.48. The fourth-order valence-corrected chi connectivity index (χ4v) is 1.17. The molecule has 1 aromatic heterocycles. The Morgan fingerprint density at radius 2 is 2.00 bits per heavy atom. The van der Waals surface area contributed by atoms with Crippen LogP contribution in [0.3, 0.4) is 0 Å². The third-order valence-corrected chi connectivity index (χ3v) is 1.94. The fourth-order valence-electron chi connectivity index (χ4n) is 1.17. The van der Waals surface area contributed by atoms with E-state index in [1.807, 2.05) is 18.2 Å². The summed E-state index contributed by atoms with van der Waals surface area (Å²) < 4.78 is 0. The predicted molar refractivity (Wildman–Crippen MR) is 59.6 cm³/mol. The second kappa shape index (κ2) is 4.37. The molecule has 1 aromatic carbocycles. The molecule has 2 rings (SSSR count). The average Bonchev–Trinajstić information content (AvgIpc) is 2.29. The van der Waals surface area contributed by atoms with Gasteiger partial charge >= 0.3 is 0 Å². The van der Waals surface area contributed by atoms with E-state index < -0.39 is 0 Å². The molecule has 0 saturated heterocycles. The van der Waals surface area contributed by atoms with Crippen LogP contribution in [0.2, 0.25) is 0 Å². The van der Waals surface area contributed by atoms with Crippen molar-refractivity contribution >= 4 is 11.9 Å². The van der Waals surface area contributed by atoms with E-state index >= 15 is 0 Å². The van der Waals surface area contributed by atoms with Crippen LogP contribution in [-0.2, 0) is 0 Å². The second-order valence-electron chi connectivity index (χ2n) is 3.03. The molecule has 0 aliphatic heterocycles. The quantitative estimate of drug-likeness (QED) is 0.753. The lowest BCUT2D eigenvalue weighted by atomic mass is 10.2. The van der Waals surface area contributed by atoms with E-state index in [2.05, 4.69) is 9.98 Å². The van der Waals surface area contributed by atoms with E-state index in [-0.39, 0.29) is 5.75 Å². The first-order valence-electron chi connectivity index (χ1n) is 4.58. The van der Waals surface area contributed by atoms with Crippen molar-refractivity contribution in [3.8, 4) is 5.75 Å². The summed E-state index contributed by atoms with van der Waals surface area (Å²) in [6, 6.07) is 10.7. The Morgan fingerprint density at radius 3 is 2.73 bits per heavy atom. The van der Waals surface area contributed by atoms with Gasteiger partial charge in [-0.1, -0.05) is 12.1 Å². The minimum absolute atomic E-state index is 0.227. The summed E-state index contributed by atoms with van der Waals surface area (Å²) >= 11 is 0. The summed E-state index contributed by atoms with van der Waals surface area (Å²) in [6.07, 6.45) is 4.97. The number of aromatic hydroxyl groups is 1. The van der Waals surface area contributed by atoms with Gasteiger partial charge < -0.3 is 5.11 Å². The number of phenolic OH excluding ortho intramolecular Hbond substituents is 1. The molecular weight excluding hydrogens is 188 g/mol. The second-order valence-corrected chi connectivity index (χ2v) is 3.03. The molecule has 0 atom stereocenters. The maximum absolute atomic E-state index is 9.48. The molecule has 2 aromatic rings. The minimum atomic E-state index is 0.227. The van der Waals surface area contributed by atoms with Gasteiger partial charge in [-0.2, -0.15) is 0 Å². The number of benzene rings is 1. The lowest BCUT2D eigenvalue weighted by Gasteiger charge is -1.96. The molecule has 0 aliphatic carbocycles. The molecule has 1 heterocycles. The third-order valence-electron chi connectivity index (χ3n) is 1.94. The topological polar surface area (TPSA) is 45.5 Å². The van der Waals surface area contributed by atoms with Gasteiger partial charge in [0.15, 0.2) is 0 Å². The largest absolute Gasteiger partial charge is 0.507 e. The average molecular weight is 198 g/mol. The fraction of sp³-hybridized carbons (Fsp3) is 0. The number of para-hydroxylation sites is 1. The first-order valence-corrected chi connectivity index (χ1v) is 4.58. The van der Waals surface area contributed by atoms with E-state index in [0.29, 0.717) is 5.56 Å². The minimum Gasteiger partial charge on any atom is -0.507 e. The van der Waals surface area contributed by atoms with Gasteiger partial charge in [0, 0.05) is 18.0 Å². The molecule has 0 unspecified atom stereocenters. The van der Waals surface area contributed by atoms with E-state index in [1.54, 1.807) is 36.8 Å². The molecule has 0 fully saturated rings. The van der Waals surface area contributed by atoms with Gasteiger partial charge in [0.2, 0.25) is 0 Å². The summed E-state index contributed by atoms with van der Waals surface area (Å²) in [5.74, 6) is 0.227. The van der Waals surface area contributed by atoms with Crippen molar-refractivity contribution in [3.05, 3.63) is 54.4 Å². The molecule has 0 aliphatic rings. The van der Waals surface area contributed by atoms with Crippen LogP contribution in [0.15, 0.2) is 53.8 Å². The molecule has 3 heteroatoms. The number of rotatable bonds is 2. The van der Waals surface area contributed by atoms with Crippen molar-refractivity contribution in [1.82, 2.24) is 4.98 Å².